The second kappa shape index (κ2) is 7.42. The Balaban J connectivity index is 2.68. The number of hydrogen-bond acceptors (Lipinski definition) is 4. The minimum Gasteiger partial charge on any atom is -0.494 e. The van der Waals surface area contributed by atoms with Crippen LogP contribution in [0.3, 0.4) is 0 Å². The molecule has 0 aliphatic rings. The first-order valence-corrected chi connectivity index (χ1v) is 8.58. The fourth-order valence-corrected chi connectivity index (χ4v) is 2.94. The lowest BCUT2D eigenvalue weighted by molar-refractivity contribution is -0.116. The Kier molecular flexibility index (Phi) is 6.17. The van der Waals surface area contributed by atoms with E-state index in [1.165, 1.54) is 0 Å². The number of ether oxygens (including phenoxy) is 1. The molecular weight excluding hydrogens is 292 g/mol. The zero-order chi connectivity index (χ0) is 16.0. The molecule has 0 spiro atoms. The van der Waals surface area contributed by atoms with E-state index < -0.39 is 10.0 Å². The van der Waals surface area contributed by atoms with Gasteiger partial charge in [0.1, 0.15) is 5.75 Å². The van der Waals surface area contributed by atoms with Crippen LogP contribution in [-0.4, -0.2) is 44.1 Å². The molecule has 0 saturated carbocycles. The number of anilines is 1. The molecule has 6 nitrogen and oxygen atoms in total. The first-order valence-electron chi connectivity index (χ1n) is 6.73. The summed E-state index contributed by atoms with van der Waals surface area (Å²) in [5, 5.41) is 2.67. The summed E-state index contributed by atoms with van der Waals surface area (Å²) in [6.45, 7) is 5.71. The molecule has 0 bridgehead atoms. The van der Waals surface area contributed by atoms with Gasteiger partial charge in [-0.05, 0) is 45.0 Å². The molecule has 0 atom stereocenters. The molecule has 1 aromatic rings. The summed E-state index contributed by atoms with van der Waals surface area (Å²) in [7, 11) is -3.41. The SMILES string of the molecule is CCOc1ccc(NC(=O)CN(C(C)C)S(C)(=O)=O)cc1. The van der Waals surface area contributed by atoms with E-state index in [0.29, 0.717) is 12.3 Å². The highest BCUT2D eigenvalue weighted by atomic mass is 32.2. The van der Waals surface area contributed by atoms with Crippen molar-refractivity contribution in [3.63, 3.8) is 0 Å². The summed E-state index contributed by atoms with van der Waals surface area (Å²) >= 11 is 0. The number of amides is 1. The van der Waals surface area contributed by atoms with Crippen LogP contribution in [0.15, 0.2) is 24.3 Å². The Morgan fingerprint density at radius 2 is 1.86 bits per heavy atom. The molecular formula is C14H22N2O4S. The van der Waals surface area contributed by atoms with Crippen molar-refractivity contribution in [3.05, 3.63) is 24.3 Å². The van der Waals surface area contributed by atoms with Gasteiger partial charge in [0.25, 0.3) is 0 Å². The molecule has 0 aliphatic heterocycles. The van der Waals surface area contributed by atoms with Crippen molar-refractivity contribution in [1.29, 1.82) is 0 Å². The van der Waals surface area contributed by atoms with Crippen molar-refractivity contribution < 1.29 is 17.9 Å². The van der Waals surface area contributed by atoms with Crippen molar-refractivity contribution >= 4 is 21.6 Å². The van der Waals surface area contributed by atoms with Crippen molar-refractivity contribution in [3.8, 4) is 5.75 Å². The highest BCUT2D eigenvalue weighted by Crippen LogP contribution is 2.15. The van der Waals surface area contributed by atoms with Gasteiger partial charge in [0.2, 0.25) is 15.9 Å². The average Bonchev–Trinajstić information content (AvgIpc) is 2.37. The van der Waals surface area contributed by atoms with Gasteiger partial charge in [0.15, 0.2) is 0 Å². The third-order valence-corrected chi connectivity index (χ3v) is 4.15. The summed E-state index contributed by atoms with van der Waals surface area (Å²) in [5.74, 6) is 0.341. The van der Waals surface area contributed by atoms with Gasteiger partial charge >= 0.3 is 0 Å². The predicted octanol–water partition coefficient (Wildman–Crippen LogP) is 1.69. The van der Waals surface area contributed by atoms with E-state index in [1.54, 1.807) is 38.1 Å². The van der Waals surface area contributed by atoms with Gasteiger partial charge in [0, 0.05) is 11.7 Å². The van der Waals surface area contributed by atoms with E-state index in [0.717, 1.165) is 16.3 Å². The van der Waals surface area contributed by atoms with Crippen molar-refractivity contribution in [2.24, 2.45) is 0 Å². The van der Waals surface area contributed by atoms with Crippen molar-refractivity contribution in [1.82, 2.24) is 4.31 Å². The summed E-state index contributed by atoms with van der Waals surface area (Å²) in [4.78, 5) is 11.9. The fourth-order valence-electron chi connectivity index (χ4n) is 1.83. The normalized spacial score (nSPS) is 11.7. The first kappa shape index (κ1) is 17.5. The molecule has 0 aliphatic carbocycles. The lowest BCUT2D eigenvalue weighted by Crippen LogP contribution is -2.41. The van der Waals surface area contributed by atoms with Crippen LogP contribution in [-0.2, 0) is 14.8 Å². The maximum absolute atomic E-state index is 11.9. The highest BCUT2D eigenvalue weighted by molar-refractivity contribution is 7.88. The zero-order valence-electron chi connectivity index (χ0n) is 12.8. The Morgan fingerprint density at radius 1 is 1.29 bits per heavy atom. The van der Waals surface area contributed by atoms with Crippen LogP contribution < -0.4 is 10.1 Å². The Bertz CT molecular complexity index is 567. The molecule has 0 unspecified atom stereocenters. The summed E-state index contributed by atoms with van der Waals surface area (Å²) in [6.07, 6.45) is 1.09. The number of hydrogen-bond donors (Lipinski definition) is 1. The average molecular weight is 314 g/mol. The van der Waals surface area contributed by atoms with Gasteiger partial charge in [-0.1, -0.05) is 0 Å². The van der Waals surface area contributed by atoms with Crippen LogP contribution in [0.4, 0.5) is 5.69 Å². The van der Waals surface area contributed by atoms with Crippen LogP contribution in [0.5, 0.6) is 5.75 Å². The van der Waals surface area contributed by atoms with E-state index in [1.807, 2.05) is 6.92 Å². The molecule has 0 radical (unpaired) electrons. The molecule has 1 amide bonds. The van der Waals surface area contributed by atoms with Gasteiger partial charge in [-0.2, -0.15) is 4.31 Å². The van der Waals surface area contributed by atoms with E-state index in [-0.39, 0.29) is 18.5 Å². The quantitative estimate of drug-likeness (QED) is 0.831. The Hall–Kier alpha value is -1.60. The van der Waals surface area contributed by atoms with Crippen LogP contribution in [0.1, 0.15) is 20.8 Å². The van der Waals surface area contributed by atoms with E-state index in [2.05, 4.69) is 5.32 Å². The summed E-state index contributed by atoms with van der Waals surface area (Å²) in [6, 6.07) is 6.64. The van der Waals surface area contributed by atoms with Crippen LogP contribution in [0.25, 0.3) is 0 Å². The van der Waals surface area contributed by atoms with Crippen LogP contribution in [0.2, 0.25) is 0 Å². The topological polar surface area (TPSA) is 75.7 Å². The number of benzene rings is 1. The van der Waals surface area contributed by atoms with Gasteiger partial charge in [-0.15, -0.1) is 0 Å². The molecule has 1 aromatic carbocycles. The van der Waals surface area contributed by atoms with Gasteiger partial charge in [-0.25, -0.2) is 8.42 Å². The minimum absolute atomic E-state index is 0.205. The standard InChI is InChI=1S/C14H22N2O4S/c1-5-20-13-8-6-12(7-9-13)15-14(17)10-16(11(2)3)21(4,18)19/h6-9,11H,5,10H2,1-4H3,(H,15,17). The van der Waals surface area contributed by atoms with E-state index in [9.17, 15) is 13.2 Å². The smallest absolute Gasteiger partial charge is 0.239 e. The molecule has 0 heterocycles. The Morgan fingerprint density at radius 3 is 2.29 bits per heavy atom. The van der Waals surface area contributed by atoms with Crippen molar-refractivity contribution in [2.75, 3.05) is 24.7 Å². The number of nitrogens with one attached hydrogen (secondary N) is 1. The Labute approximate surface area is 126 Å². The van der Waals surface area contributed by atoms with Gasteiger partial charge in [0.05, 0.1) is 19.4 Å². The molecule has 0 saturated heterocycles. The highest BCUT2D eigenvalue weighted by Gasteiger charge is 2.22. The summed E-state index contributed by atoms with van der Waals surface area (Å²) in [5.41, 5.74) is 0.598. The number of sulfonamides is 1. The third-order valence-electron chi connectivity index (χ3n) is 2.75. The molecule has 1 N–H and O–H groups in total. The number of carbonyl (C=O) groups excluding carboxylic acids is 1. The minimum atomic E-state index is -3.41. The number of rotatable bonds is 7. The third kappa shape index (κ3) is 5.73. The maximum atomic E-state index is 11.9. The van der Waals surface area contributed by atoms with Crippen LogP contribution in [0, 0.1) is 0 Å². The van der Waals surface area contributed by atoms with E-state index in [4.69, 9.17) is 4.74 Å². The maximum Gasteiger partial charge on any atom is 0.239 e. The number of nitrogens with zero attached hydrogens (tertiary/aromatic N) is 1. The van der Waals surface area contributed by atoms with Crippen LogP contribution >= 0.6 is 0 Å². The zero-order valence-corrected chi connectivity index (χ0v) is 13.6. The van der Waals surface area contributed by atoms with Gasteiger partial charge < -0.3 is 10.1 Å². The molecule has 1 rings (SSSR count). The molecule has 0 fully saturated rings. The molecule has 21 heavy (non-hydrogen) atoms. The monoisotopic (exact) mass is 314 g/mol. The molecule has 118 valence electrons. The van der Waals surface area contributed by atoms with E-state index >= 15 is 0 Å². The number of carbonyl (C=O) groups is 1. The van der Waals surface area contributed by atoms with Gasteiger partial charge in [-0.3, -0.25) is 4.79 Å². The lowest BCUT2D eigenvalue weighted by Gasteiger charge is -2.23. The lowest BCUT2D eigenvalue weighted by atomic mass is 10.3. The molecule has 7 heteroatoms. The summed E-state index contributed by atoms with van der Waals surface area (Å²) < 4.78 is 29.7. The largest absolute Gasteiger partial charge is 0.494 e. The van der Waals surface area contributed by atoms with Crippen molar-refractivity contribution in [2.45, 2.75) is 26.8 Å². The first-order chi connectivity index (χ1) is 9.74. The molecule has 0 aromatic heterocycles. The second-order valence-corrected chi connectivity index (χ2v) is 6.84. The second-order valence-electron chi connectivity index (χ2n) is 4.91. The predicted molar refractivity (Wildman–Crippen MR) is 82.9 cm³/mol. The fraction of sp³-hybridized carbons (Fsp3) is 0.500.